The third-order valence-electron chi connectivity index (χ3n) is 4.10. The lowest BCUT2D eigenvalue weighted by molar-refractivity contribution is -0.384. The van der Waals surface area contributed by atoms with Crippen molar-refractivity contribution in [1.29, 1.82) is 0 Å². The summed E-state index contributed by atoms with van der Waals surface area (Å²) in [6.07, 6.45) is -5.12. The largest absolute Gasteiger partial charge is 0.463 e. The number of non-ortho nitro benzene ring substituents is 1. The maximum Gasteiger partial charge on any atom is 0.303 e. The monoisotopic (exact) mass is 426 g/mol. The minimum absolute atomic E-state index is 0.158. The SMILES string of the molecule is CC(=O)N[C@H]1[C@H](Oc2ccc([N+](=O)[O-])cc2)O[C@H](COC(C)=O)[C@@H](O)[C@@H]1OC(C)=O. The summed E-state index contributed by atoms with van der Waals surface area (Å²) in [7, 11) is 0. The number of nitrogens with zero attached hydrogens (tertiary/aromatic N) is 1. The summed E-state index contributed by atoms with van der Waals surface area (Å²) in [5.41, 5.74) is -0.161. The summed E-state index contributed by atoms with van der Waals surface area (Å²) in [6.45, 7) is 3.15. The van der Waals surface area contributed by atoms with Gasteiger partial charge in [-0.05, 0) is 12.1 Å². The van der Waals surface area contributed by atoms with E-state index in [2.05, 4.69) is 5.32 Å². The van der Waals surface area contributed by atoms with E-state index in [0.29, 0.717) is 0 Å². The van der Waals surface area contributed by atoms with E-state index in [1.54, 1.807) is 0 Å². The highest BCUT2D eigenvalue weighted by atomic mass is 16.7. The van der Waals surface area contributed by atoms with Crippen LogP contribution in [0.1, 0.15) is 20.8 Å². The average molecular weight is 426 g/mol. The van der Waals surface area contributed by atoms with Crippen molar-refractivity contribution in [2.75, 3.05) is 6.61 Å². The summed E-state index contributed by atoms with van der Waals surface area (Å²) in [5.74, 6) is -1.70. The zero-order valence-electron chi connectivity index (χ0n) is 16.5. The van der Waals surface area contributed by atoms with E-state index in [4.69, 9.17) is 18.9 Å². The molecule has 1 saturated heterocycles. The molecule has 0 bridgehead atoms. The topological polar surface area (TPSA) is 164 Å². The van der Waals surface area contributed by atoms with Crippen LogP contribution in [0.2, 0.25) is 0 Å². The Labute approximate surface area is 171 Å². The van der Waals surface area contributed by atoms with Crippen LogP contribution in [0, 0.1) is 10.1 Å². The number of amides is 1. The van der Waals surface area contributed by atoms with E-state index in [1.165, 1.54) is 38.1 Å². The van der Waals surface area contributed by atoms with Crippen LogP contribution in [0.5, 0.6) is 5.75 Å². The first-order valence-corrected chi connectivity index (χ1v) is 8.90. The number of hydrogen-bond acceptors (Lipinski definition) is 10. The molecular formula is C18H22N2O10. The highest BCUT2D eigenvalue weighted by Crippen LogP contribution is 2.28. The van der Waals surface area contributed by atoms with Gasteiger partial charge in [-0.15, -0.1) is 0 Å². The van der Waals surface area contributed by atoms with E-state index in [9.17, 15) is 29.6 Å². The first-order valence-electron chi connectivity index (χ1n) is 8.90. The molecule has 1 amide bonds. The Morgan fingerprint density at radius 2 is 1.80 bits per heavy atom. The fourth-order valence-corrected chi connectivity index (χ4v) is 2.85. The third kappa shape index (κ3) is 6.12. The second-order valence-corrected chi connectivity index (χ2v) is 6.51. The molecule has 30 heavy (non-hydrogen) atoms. The Hall–Kier alpha value is -3.25. The molecule has 2 rings (SSSR count). The van der Waals surface area contributed by atoms with Crippen molar-refractivity contribution in [3.8, 4) is 5.75 Å². The maximum atomic E-state index is 11.7. The van der Waals surface area contributed by atoms with Crippen LogP contribution in [0.25, 0.3) is 0 Å². The smallest absolute Gasteiger partial charge is 0.303 e. The van der Waals surface area contributed by atoms with Crippen LogP contribution in [-0.4, -0.2) is 65.1 Å². The summed E-state index contributed by atoms with van der Waals surface area (Å²) in [4.78, 5) is 44.6. The molecule has 1 aliphatic heterocycles. The quantitative estimate of drug-likeness (QED) is 0.346. The van der Waals surface area contributed by atoms with Crippen LogP contribution >= 0.6 is 0 Å². The van der Waals surface area contributed by atoms with Gasteiger partial charge in [0.25, 0.3) is 5.69 Å². The number of aliphatic hydroxyl groups is 1. The molecule has 0 spiro atoms. The molecule has 1 aromatic rings. The van der Waals surface area contributed by atoms with Crippen LogP contribution < -0.4 is 10.1 Å². The number of hydrogen-bond donors (Lipinski definition) is 2. The van der Waals surface area contributed by atoms with Gasteiger partial charge >= 0.3 is 11.9 Å². The normalized spacial score (nSPS) is 25.7. The summed E-state index contributed by atoms with van der Waals surface area (Å²) >= 11 is 0. The number of carbonyl (C=O) groups is 3. The van der Waals surface area contributed by atoms with Crippen molar-refractivity contribution in [2.45, 2.75) is 51.4 Å². The fraction of sp³-hybridized carbons (Fsp3) is 0.500. The van der Waals surface area contributed by atoms with Gasteiger partial charge in [0.05, 0.1) is 4.92 Å². The summed E-state index contributed by atoms with van der Waals surface area (Å²) in [5, 5.41) is 23.9. The molecular weight excluding hydrogens is 404 g/mol. The Morgan fingerprint density at radius 3 is 2.30 bits per heavy atom. The minimum Gasteiger partial charge on any atom is -0.463 e. The van der Waals surface area contributed by atoms with E-state index in [1.807, 2.05) is 0 Å². The van der Waals surface area contributed by atoms with Gasteiger partial charge in [0.2, 0.25) is 12.2 Å². The minimum atomic E-state index is -1.44. The van der Waals surface area contributed by atoms with Gasteiger partial charge < -0.3 is 29.4 Å². The second-order valence-electron chi connectivity index (χ2n) is 6.51. The fourth-order valence-electron chi connectivity index (χ4n) is 2.85. The van der Waals surface area contributed by atoms with Crippen molar-refractivity contribution < 1.29 is 43.4 Å². The number of rotatable bonds is 7. The molecule has 164 valence electrons. The molecule has 0 aromatic heterocycles. The van der Waals surface area contributed by atoms with Gasteiger partial charge in [0.15, 0.2) is 6.10 Å². The molecule has 1 heterocycles. The number of aliphatic hydroxyl groups excluding tert-OH is 1. The Morgan fingerprint density at radius 1 is 1.17 bits per heavy atom. The lowest BCUT2D eigenvalue weighted by atomic mass is 9.96. The molecule has 0 radical (unpaired) electrons. The summed E-state index contributed by atoms with van der Waals surface area (Å²) < 4.78 is 21.4. The third-order valence-corrected chi connectivity index (χ3v) is 4.10. The van der Waals surface area contributed by atoms with Crippen molar-refractivity contribution in [3.63, 3.8) is 0 Å². The average Bonchev–Trinajstić information content (AvgIpc) is 2.65. The van der Waals surface area contributed by atoms with E-state index in [-0.39, 0.29) is 18.0 Å². The van der Waals surface area contributed by atoms with E-state index in [0.717, 1.165) is 6.92 Å². The van der Waals surface area contributed by atoms with Gasteiger partial charge in [-0.3, -0.25) is 24.5 Å². The number of carbonyl (C=O) groups excluding carboxylic acids is 3. The molecule has 12 nitrogen and oxygen atoms in total. The van der Waals surface area contributed by atoms with Crippen molar-refractivity contribution in [2.24, 2.45) is 0 Å². The van der Waals surface area contributed by atoms with Crippen molar-refractivity contribution in [1.82, 2.24) is 5.32 Å². The Kier molecular flexibility index (Phi) is 7.66. The van der Waals surface area contributed by atoms with Crippen LogP contribution in [0.4, 0.5) is 5.69 Å². The Balaban J connectivity index is 2.31. The Bertz CT molecular complexity index is 797. The maximum absolute atomic E-state index is 11.7. The van der Waals surface area contributed by atoms with Gasteiger partial charge in [-0.1, -0.05) is 0 Å². The van der Waals surface area contributed by atoms with E-state index >= 15 is 0 Å². The molecule has 0 unspecified atom stereocenters. The number of benzene rings is 1. The zero-order chi connectivity index (χ0) is 22.4. The van der Waals surface area contributed by atoms with Gasteiger partial charge in [-0.25, -0.2) is 0 Å². The second kappa shape index (κ2) is 9.98. The van der Waals surface area contributed by atoms with Crippen LogP contribution in [0.3, 0.4) is 0 Å². The molecule has 1 fully saturated rings. The number of nitro groups is 1. The lowest BCUT2D eigenvalue weighted by Crippen LogP contribution is -2.66. The number of nitro benzene ring substituents is 1. The van der Waals surface area contributed by atoms with Crippen LogP contribution in [-0.2, 0) is 28.6 Å². The van der Waals surface area contributed by atoms with Crippen LogP contribution in [0.15, 0.2) is 24.3 Å². The standard InChI is InChI=1S/C18H22N2O10/c1-9(21)19-15-17(28-11(3)23)16(24)14(8-27-10(2)22)30-18(15)29-13-6-4-12(5-7-13)20(25)26/h4-7,14-18,24H,8H2,1-3H3,(H,19,21)/t14-,15-,16-,17-,18-/m1/s1. The molecule has 0 aliphatic carbocycles. The lowest BCUT2D eigenvalue weighted by Gasteiger charge is -2.43. The number of nitrogens with one attached hydrogen (secondary N) is 1. The molecule has 1 aliphatic rings. The first-order chi connectivity index (χ1) is 14.1. The highest BCUT2D eigenvalue weighted by molar-refractivity contribution is 5.73. The molecule has 12 heteroatoms. The van der Waals surface area contributed by atoms with Crippen molar-refractivity contribution in [3.05, 3.63) is 34.4 Å². The summed E-state index contributed by atoms with van der Waals surface area (Å²) in [6, 6.07) is 3.93. The van der Waals surface area contributed by atoms with Gasteiger partial charge in [0, 0.05) is 32.9 Å². The molecule has 2 N–H and O–H groups in total. The first kappa shape index (κ1) is 23.0. The number of ether oxygens (including phenoxy) is 4. The van der Waals surface area contributed by atoms with Gasteiger partial charge in [0.1, 0.15) is 30.6 Å². The van der Waals surface area contributed by atoms with E-state index < -0.39 is 53.4 Å². The molecule has 5 atom stereocenters. The zero-order valence-corrected chi connectivity index (χ0v) is 16.5. The molecule has 1 aromatic carbocycles. The molecule has 0 saturated carbocycles. The highest BCUT2D eigenvalue weighted by Gasteiger charge is 2.49. The predicted molar refractivity (Wildman–Crippen MR) is 98.2 cm³/mol. The van der Waals surface area contributed by atoms with Gasteiger partial charge in [-0.2, -0.15) is 0 Å². The predicted octanol–water partition coefficient (Wildman–Crippen LogP) is 0.0589. The number of esters is 2. The van der Waals surface area contributed by atoms with Crippen molar-refractivity contribution >= 4 is 23.5 Å².